The van der Waals surface area contributed by atoms with Gasteiger partial charge in [0.1, 0.15) is 11.6 Å². The first-order valence-electron chi connectivity index (χ1n) is 15.3. The van der Waals surface area contributed by atoms with Crippen LogP contribution in [0, 0.1) is 5.92 Å². The van der Waals surface area contributed by atoms with Gasteiger partial charge in [-0.1, -0.05) is 48.0 Å². The van der Waals surface area contributed by atoms with Crippen LogP contribution in [0.5, 0.6) is 5.75 Å². The van der Waals surface area contributed by atoms with E-state index in [0.717, 1.165) is 45.5 Å². The quantitative estimate of drug-likeness (QED) is 0.173. The molecule has 0 spiro atoms. The molecular weight excluding hydrogens is 624 g/mol. The normalized spacial score (nSPS) is 16.9. The molecule has 0 saturated heterocycles. The third kappa shape index (κ3) is 5.10. The van der Waals surface area contributed by atoms with E-state index in [1.807, 2.05) is 106 Å². The average Bonchev–Trinajstić information content (AvgIpc) is 3.81. The number of azo groups is 1. The fourth-order valence-electron chi connectivity index (χ4n) is 6.13. The van der Waals surface area contributed by atoms with Crippen LogP contribution in [0.1, 0.15) is 18.5 Å². The summed E-state index contributed by atoms with van der Waals surface area (Å²) in [5.41, 5.74) is 12.9. The number of hydrogen-bond donors (Lipinski definition) is 1. The number of nitrogens with two attached hydrogens (primary N) is 1. The van der Waals surface area contributed by atoms with E-state index in [1.54, 1.807) is 31.4 Å². The summed E-state index contributed by atoms with van der Waals surface area (Å²) in [6.45, 7) is 2.02. The van der Waals surface area contributed by atoms with Gasteiger partial charge in [-0.2, -0.15) is 20.4 Å². The van der Waals surface area contributed by atoms with Crippen molar-refractivity contribution in [2.75, 3.05) is 17.9 Å². The molecule has 0 amide bonds. The van der Waals surface area contributed by atoms with Gasteiger partial charge in [-0.3, -0.25) is 0 Å². The van der Waals surface area contributed by atoms with E-state index in [1.165, 1.54) is 0 Å². The molecule has 2 aromatic heterocycles. The van der Waals surface area contributed by atoms with Crippen molar-refractivity contribution in [3.63, 3.8) is 0 Å². The molecule has 2 unspecified atom stereocenters. The number of hydrogen-bond acceptors (Lipinski definition) is 9. The number of fused-ring (bicyclic) bond motifs is 2. The predicted octanol–water partition coefficient (Wildman–Crippen LogP) is 8.54. The SMILES string of the molecule is COc1ccc(-c2nn(-c3ccccc3)cc2C2C3C(C)=NN(c4ccccc4)C3=Nc3c(N=Nc4ccc(Cl)cc4)c(N)nn32)cc1. The molecule has 4 heterocycles. The molecule has 48 heavy (non-hydrogen) atoms. The Balaban J connectivity index is 1.34. The molecule has 2 aliphatic heterocycles. The van der Waals surface area contributed by atoms with Gasteiger partial charge < -0.3 is 10.5 Å². The molecule has 2 aliphatic rings. The molecule has 0 aliphatic carbocycles. The predicted molar refractivity (Wildman–Crippen MR) is 189 cm³/mol. The third-order valence-corrected chi connectivity index (χ3v) is 8.68. The van der Waals surface area contributed by atoms with Crippen molar-refractivity contribution in [1.29, 1.82) is 0 Å². The highest BCUT2D eigenvalue weighted by Crippen LogP contribution is 2.49. The summed E-state index contributed by atoms with van der Waals surface area (Å²) in [6.07, 6.45) is 2.05. The van der Waals surface area contributed by atoms with Crippen LogP contribution < -0.4 is 15.5 Å². The summed E-state index contributed by atoms with van der Waals surface area (Å²) in [4.78, 5) is 5.16. The van der Waals surface area contributed by atoms with Gasteiger partial charge in [0, 0.05) is 28.1 Å². The monoisotopic (exact) mass is 652 g/mol. The molecule has 8 rings (SSSR count). The minimum absolute atomic E-state index is 0.208. The molecule has 236 valence electrons. The maximum atomic E-state index is 6.60. The highest BCUT2D eigenvalue weighted by Gasteiger charge is 2.46. The van der Waals surface area contributed by atoms with Crippen molar-refractivity contribution in [2.45, 2.75) is 13.0 Å². The zero-order valence-electron chi connectivity index (χ0n) is 26.0. The number of nitrogens with zero attached hydrogens (tertiary/aromatic N) is 9. The van der Waals surface area contributed by atoms with Crippen molar-refractivity contribution < 1.29 is 4.74 Å². The Hall–Kier alpha value is -6.07. The minimum atomic E-state index is -0.429. The lowest BCUT2D eigenvalue weighted by Crippen LogP contribution is -2.37. The smallest absolute Gasteiger partial charge is 0.183 e. The Morgan fingerprint density at radius 2 is 1.50 bits per heavy atom. The van der Waals surface area contributed by atoms with Crippen LogP contribution in [-0.2, 0) is 0 Å². The average molecular weight is 653 g/mol. The van der Waals surface area contributed by atoms with Crippen molar-refractivity contribution in [2.24, 2.45) is 26.2 Å². The second-order valence-corrected chi connectivity index (χ2v) is 11.8. The maximum absolute atomic E-state index is 6.60. The summed E-state index contributed by atoms with van der Waals surface area (Å²) in [5.74, 6) is 1.88. The zero-order valence-corrected chi connectivity index (χ0v) is 26.8. The van der Waals surface area contributed by atoms with Crippen LogP contribution in [0.25, 0.3) is 16.9 Å². The second kappa shape index (κ2) is 11.9. The van der Waals surface area contributed by atoms with E-state index in [-0.39, 0.29) is 11.7 Å². The number of amidine groups is 1. The standard InChI is InChI=1S/C36H29ClN10O/c1-22-30-33(29-21-45(26-9-5-3-6-10-26)43-31(29)23-13-19-28(48-2)20-14-23)47-36(39-35(30)46(42-22)27-11-7-4-8-12-27)32(34(38)44-47)41-40-25-17-15-24(37)16-18-25/h3-21,30,33H,1-2H3,(H2,38,44). The van der Waals surface area contributed by atoms with Gasteiger partial charge in [0.05, 0.1) is 41.8 Å². The van der Waals surface area contributed by atoms with Crippen molar-refractivity contribution in [3.05, 3.63) is 126 Å². The van der Waals surface area contributed by atoms with Crippen LogP contribution in [0.2, 0.25) is 5.02 Å². The Morgan fingerprint density at radius 3 is 2.19 bits per heavy atom. The van der Waals surface area contributed by atoms with E-state index >= 15 is 0 Å². The van der Waals surface area contributed by atoms with E-state index in [9.17, 15) is 0 Å². The number of rotatable bonds is 7. The van der Waals surface area contributed by atoms with Crippen LogP contribution in [0.4, 0.5) is 28.7 Å². The Labute approximate surface area is 281 Å². The van der Waals surface area contributed by atoms with Gasteiger partial charge in [-0.15, -0.1) is 5.11 Å². The second-order valence-electron chi connectivity index (χ2n) is 11.4. The molecule has 0 bridgehead atoms. The summed E-state index contributed by atoms with van der Waals surface area (Å²) >= 11 is 6.09. The third-order valence-electron chi connectivity index (χ3n) is 8.43. The lowest BCUT2D eigenvalue weighted by molar-refractivity contribution is 0.415. The van der Waals surface area contributed by atoms with Crippen LogP contribution in [0.15, 0.2) is 136 Å². The molecule has 0 saturated carbocycles. The molecule has 6 aromatic rings. The number of benzene rings is 4. The molecule has 12 heteroatoms. The van der Waals surface area contributed by atoms with Gasteiger partial charge in [0.2, 0.25) is 0 Å². The largest absolute Gasteiger partial charge is 0.497 e. The number of methoxy groups -OCH3 is 1. The molecule has 11 nitrogen and oxygen atoms in total. The summed E-state index contributed by atoms with van der Waals surface area (Å²) < 4.78 is 9.19. The topological polar surface area (TPSA) is 124 Å². The number of para-hydroxylation sites is 2. The lowest BCUT2D eigenvalue weighted by Gasteiger charge is -2.30. The van der Waals surface area contributed by atoms with Gasteiger partial charge in [0.25, 0.3) is 0 Å². The Kier molecular flexibility index (Phi) is 7.30. The van der Waals surface area contributed by atoms with Gasteiger partial charge in [0.15, 0.2) is 17.3 Å². The summed E-state index contributed by atoms with van der Waals surface area (Å²) in [6, 6.07) is 34.5. The number of aliphatic imine (C=N–C) groups is 1. The highest BCUT2D eigenvalue weighted by atomic mass is 35.5. The van der Waals surface area contributed by atoms with Crippen LogP contribution >= 0.6 is 11.6 Å². The zero-order chi connectivity index (χ0) is 32.8. The number of aromatic nitrogens is 4. The Bertz CT molecular complexity index is 2210. The molecule has 0 radical (unpaired) electrons. The first kappa shape index (κ1) is 29.3. The fraction of sp³-hybridized carbons (Fsp3) is 0.111. The maximum Gasteiger partial charge on any atom is 0.183 e. The van der Waals surface area contributed by atoms with E-state index in [4.69, 9.17) is 42.4 Å². The molecule has 2 N–H and O–H groups in total. The summed E-state index contributed by atoms with van der Waals surface area (Å²) in [7, 11) is 1.65. The van der Waals surface area contributed by atoms with E-state index < -0.39 is 6.04 Å². The van der Waals surface area contributed by atoms with Gasteiger partial charge in [-0.05, 0) is 79.7 Å². The highest BCUT2D eigenvalue weighted by molar-refractivity contribution is 6.30. The molecular formula is C36H29ClN10O. The van der Waals surface area contributed by atoms with Crippen molar-refractivity contribution >= 4 is 51.8 Å². The van der Waals surface area contributed by atoms with E-state index in [2.05, 4.69) is 16.4 Å². The number of halogens is 1. The lowest BCUT2D eigenvalue weighted by atomic mass is 9.87. The number of hydrazone groups is 1. The number of nitrogen functional groups attached to an aromatic ring is 1. The van der Waals surface area contributed by atoms with Crippen molar-refractivity contribution in [1.82, 2.24) is 19.6 Å². The minimum Gasteiger partial charge on any atom is -0.497 e. The first-order chi connectivity index (χ1) is 23.5. The molecule has 0 fully saturated rings. The van der Waals surface area contributed by atoms with Crippen LogP contribution in [0.3, 0.4) is 0 Å². The first-order valence-corrected chi connectivity index (χ1v) is 15.7. The van der Waals surface area contributed by atoms with Crippen LogP contribution in [-0.4, -0.2) is 38.2 Å². The molecule has 4 aromatic carbocycles. The number of anilines is 2. The van der Waals surface area contributed by atoms with E-state index in [0.29, 0.717) is 22.2 Å². The number of ether oxygens (including phenoxy) is 1. The van der Waals surface area contributed by atoms with Crippen molar-refractivity contribution in [3.8, 4) is 22.7 Å². The summed E-state index contributed by atoms with van der Waals surface area (Å²) in [5, 5.41) is 26.5. The van der Waals surface area contributed by atoms with Gasteiger partial charge >= 0.3 is 0 Å². The molecule has 2 atom stereocenters. The Morgan fingerprint density at radius 1 is 0.812 bits per heavy atom. The van der Waals surface area contributed by atoms with Gasteiger partial charge in [-0.25, -0.2) is 19.4 Å². The fourth-order valence-corrected chi connectivity index (χ4v) is 6.26.